The topological polar surface area (TPSA) is 60.7 Å². The molecule has 3 aromatic carbocycles. The summed E-state index contributed by atoms with van der Waals surface area (Å²) in [4.78, 5) is 0. The molecule has 3 aromatic rings. The lowest BCUT2D eigenvalue weighted by Gasteiger charge is -2.08. The van der Waals surface area contributed by atoms with Crippen LogP contribution in [0.5, 0.6) is 17.2 Å². The quantitative estimate of drug-likeness (QED) is 0.516. The lowest BCUT2D eigenvalue weighted by Crippen LogP contribution is -1.80. The monoisotopic (exact) mass is 226 g/mol. The number of hydrogen-bond donors (Lipinski definition) is 3. The fourth-order valence-corrected chi connectivity index (χ4v) is 2.16. The zero-order chi connectivity index (χ0) is 12.0. The zero-order valence-electron chi connectivity index (χ0n) is 8.88. The highest BCUT2D eigenvalue weighted by Gasteiger charge is 2.09. The molecule has 0 aromatic heterocycles. The normalized spacial score (nSPS) is 11.1. The molecule has 0 aliphatic rings. The summed E-state index contributed by atoms with van der Waals surface area (Å²) in [6.45, 7) is 0. The second kappa shape index (κ2) is 3.28. The van der Waals surface area contributed by atoms with Crippen LogP contribution >= 0.6 is 0 Å². The fourth-order valence-electron chi connectivity index (χ4n) is 2.16. The first-order chi connectivity index (χ1) is 8.16. The maximum Gasteiger partial charge on any atom is 0.124 e. The van der Waals surface area contributed by atoms with Crippen molar-refractivity contribution < 1.29 is 15.3 Å². The van der Waals surface area contributed by atoms with E-state index in [0.717, 1.165) is 5.39 Å². The van der Waals surface area contributed by atoms with Gasteiger partial charge in [0.15, 0.2) is 0 Å². The van der Waals surface area contributed by atoms with E-state index in [-0.39, 0.29) is 17.2 Å². The molecule has 0 radical (unpaired) electrons. The summed E-state index contributed by atoms with van der Waals surface area (Å²) < 4.78 is 0. The van der Waals surface area contributed by atoms with Crippen molar-refractivity contribution >= 4 is 21.5 Å². The number of benzene rings is 3. The minimum absolute atomic E-state index is 0.104. The number of rotatable bonds is 0. The van der Waals surface area contributed by atoms with E-state index < -0.39 is 0 Å². The van der Waals surface area contributed by atoms with Gasteiger partial charge >= 0.3 is 0 Å². The molecule has 3 heteroatoms. The Morgan fingerprint density at radius 1 is 0.706 bits per heavy atom. The van der Waals surface area contributed by atoms with Crippen LogP contribution in [0, 0.1) is 0 Å². The molecule has 0 unspecified atom stereocenters. The molecule has 0 aliphatic heterocycles. The second-order valence-electron chi connectivity index (χ2n) is 4.00. The molecule has 0 fully saturated rings. The maximum absolute atomic E-state index is 9.89. The van der Waals surface area contributed by atoms with Crippen molar-refractivity contribution in [3.63, 3.8) is 0 Å². The highest BCUT2D eigenvalue weighted by molar-refractivity contribution is 6.13. The molecule has 3 nitrogen and oxygen atoms in total. The fraction of sp³-hybridized carbons (Fsp3) is 0. The SMILES string of the molecule is Oc1ccc2c(O)cc3cccc(O)c3c2c1. The molecular formula is C14H10O3. The third-order valence-corrected chi connectivity index (χ3v) is 2.92. The van der Waals surface area contributed by atoms with Gasteiger partial charge in [-0.15, -0.1) is 0 Å². The molecule has 0 saturated heterocycles. The van der Waals surface area contributed by atoms with Gasteiger partial charge in [0.25, 0.3) is 0 Å². The van der Waals surface area contributed by atoms with Gasteiger partial charge < -0.3 is 15.3 Å². The zero-order valence-corrected chi connectivity index (χ0v) is 8.88. The molecule has 0 spiro atoms. The molecule has 0 saturated carbocycles. The van der Waals surface area contributed by atoms with E-state index in [1.807, 2.05) is 0 Å². The Balaban J connectivity index is 2.65. The Hall–Kier alpha value is -2.42. The largest absolute Gasteiger partial charge is 0.508 e. The Morgan fingerprint density at radius 3 is 2.35 bits per heavy atom. The Kier molecular flexibility index (Phi) is 1.89. The van der Waals surface area contributed by atoms with Gasteiger partial charge in [0.2, 0.25) is 0 Å². The van der Waals surface area contributed by atoms with E-state index in [1.54, 1.807) is 30.3 Å². The van der Waals surface area contributed by atoms with Crippen LogP contribution in [-0.2, 0) is 0 Å². The number of phenols is 3. The summed E-state index contributed by atoms with van der Waals surface area (Å²) in [5.41, 5.74) is 0. The third-order valence-electron chi connectivity index (χ3n) is 2.92. The Labute approximate surface area is 97.2 Å². The first-order valence-electron chi connectivity index (χ1n) is 5.23. The molecule has 17 heavy (non-hydrogen) atoms. The van der Waals surface area contributed by atoms with Crippen LogP contribution in [0.25, 0.3) is 21.5 Å². The van der Waals surface area contributed by atoms with Gasteiger partial charge in [-0.1, -0.05) is 12.1 Å². The van der Waals surface area contributed by atoms with Crippen LogP contribution in [0.2, 0.25) is 0 Å². The Bertz CT molecular complexity index is 732. The smallest absolute Gasteiger partial charge is 0.124 e. The number of fused-ring (bicyclic) bond motifs is 3. The van der Waals surface area contributed by atoms with Gasteiger partial charge in [0, 0.05) is 16.2 Å². The van der Waals surface area contributed by atoms with E-state index in [9.17, 15) is 15.3 Å². The summed E-state index contributed by atoms with van der Waals surface area (Å²) >= 11 is 0. The third kappa shape index (κ3) is 1.36. The second-order valence-corrected chi connectivity index (χ2v) is 4.00. The van der Waals surface area contributed by atoms with E-state index in [0.29, 0.717) is 16.2 Å². The van der Waals surface area contributed by atoms with Crippen molar-refractivity contribution in [2.45, 2.75) is 0 Å². The predicted molar refractivity (Wildman–Crippen MR) is 66.4 cm³/mol. The van der Waals surface area contributed by atoms with Gasteiger partial charge in [-0.3, -0.25) is 0 Å². The highest BCUT2D eigenvalue weighted by Crippen LogP contribution is 2.38. The minimum atomic E-state index is 0.104. The van der Waals surface area contributed by atoms with Crippen molar-refractivity contribution in [1.82, 2.24) is 0 Å². The lowest BCUT2D eigenvalue weighted by atomic mass is 10.00. The molecule has 0 bridgehead atoms. The number of hydrogen-bond acceptors (Lipinski definition) is 3. The van der Waals surface area contributed by atoms with Crippen LogP contribution in [0.4, 0.5) is 0 Å². The minimum Gasteiger partial charge on any atom is -0.508 e. The number of phenolic OH excluding ortho intramolecular Hbond substituents is 3. The summed E-state index contributed by atoms with van der Waals surface area (Å²) in [5.74, 6) is 0.379. The first-order valence-corrected chi connectivity index (χ1v) is 5.23. The molecule has 0 heterocycles. The van der Waals surface area contributed by atoms with E-state index in [4.69, 9.17) is 0 Å². The average molecular weight is 226 g/mol. The van der Waals surface area contributed by atoms with Crippen molar-refractivity contribution in [1.29, 1.82) is 0 Å². The van der Waals surface area contributed by atoms with Crippen molar-refractivity contribution in [2.24, 2.45) is 0 Å². The summed E-state index contributed by atoms with van der Waals surface area (Å²) in [6.07, 6.45) is 0. The molecule has 3 rings (SSSR count). The summed E-state index contributed by atoms with van der Waals surface area (Å²) in [5, 5.41) is 31.9. The maximum atomic E-state index is 9.89. The van der Waals surface area contributed by atoms with Gasteiger partial charge in [-0.25, -0.2) is 0 Å². The van der Waals surface area contributed by atoms with Gasteiger partial charge in [0.1, 0.15) is 17.2 Å². The average Bonchev–Trinajstić information content (AvgIpc) is 2.28. The first kappa shape index (κ1) is 9.78. The van der Waals surface area contributed by atoms with Crippen LogP contribution in [-0.4, -0.2) is 15.3 Å². The predicted octanol–water partition coefficient (Wildman–Crippen LogP) is 3.11. The van der Waals surface area contributed by atoms with Gasteiger partial charge in [-0.05, 0) is 35.7 Å². The van der Waals surface area contributed by atoms with Crippen molar-refractivity contribution in [2.75, 3.05) is 0 Å². The Morgan fingerprint density at radius 2 is 1.53 bits per heavy atom. The van der Waals surface area contributed by atoms with Crippen LogP contribution < -0.4 is 0 Å². The summed E-state index contributed by atoms with van der Waals surface area (Å²) in [7, 11) is 0. The number of aromatic hydroxyl groups is 3. The lowest BCUT2D eigenvalue weighted by molar-refractivity contribution is 0.475. The van der Waals surface area contributed by atoms with E-state index >= 15 is 0 Å². The van der Waals surface area contributed by atoms with Crippen LogP contribution in [0.15, 0.2) is 42.5 Å². The van der Waals surface area contributed by atoms with Crippen LogP contribution in [0.1, 0.15) is 0 Å². The highest BCUT2D eigenvalue weighted by atomic mass is 16.3. The van der Waals surface area contributed by atoms with E-state index in [1.165, 1.54) is 12.1 Å². The van der Waals surface area contributed by atoms with Crippen molar-refractivity contribution in [3.05, 3.63) is 42.5 Å². The van der Waals surface area contributed by atoms with Gasteiger partial charge in [0.05, 0.1) is 0 Å². The molecule has 0 aliphatic carbocycles. The van der Waals surface area contributed by atoms with E-state index in [2.05, 4.69) is 0 Å². The summed E-state index contributed by atoms with van der Waals surface area (Å²) in [6, 6.07) is 11.4. The van der Waals surface area contributed by atoms with Gasteiger partial charge in [-0.2, -0.15) is 0 Å². The molecule has 0 atom stereocenters. The van der Waals surface area contributed by atoms with Crippen LogP contribution in [0.3, 0.4) is 0 Å². The molecule has 0 amide bonds. The molecule has 3 N–H and O–H groups in total. The van der Waals surface area contributed by atoms with Crippen molar-refractivity contribution in [3.8, 4) is 17.2 Å². The molecular weight excluding hydrogens is 216 g/mol. The standard InChI is InChI=1S/C14H10O3/c15-9-4-5-10-11(7-9)14-8(6-13(10)17)2-1-3-12(14)16/h1-7,15-17H. The molecule has 84 valence electrons.